The van der Waals surface area contributed by atoms with Crippen LogP contribution < -0.4 is 11.1 Å². The quantitative estimate of drug-likeness (QED) is 0.708. The molecule has 0 spiro atoms. The molecule has 0 saturated heterocycles. The minimum Gasteiger partial charge on any atom is -0.466 e. The molecule has 0 aromatic heterocycles. The van der Waals surface area contributed by atoms with Crippen molar-refractivity contribution >= 4 is 24.3 Å². The number of esters is 1. The minimum atomic E-state index is -0.629. The Bertz CT molecular complexity index is 497. The molecule has 2 unspecified atom stereocenters. The molecule has 5 nitrogen and oxygen atoms in total. The van der Waals surface area contributed by atoms with E-state index in [-0.39, 0.29) is 37.2 Å². The van der Waals surface area contributed by atoms with Gasteiger partial charge in [0.1, 0.15) is 5.82 Å². The van der Waals surface area contributed by atoms with Crippen molar-refractivity contribution in [3.05, 3.63) is 35.6 Å². The second-order valence-corrected chi connectivity index (χ2v) is 5.02. The highest BCUT2D eigenvalue weighted by Gasteiger charge is 2.22. The third-order valence-corrected chi connectivity index (χ3v) is 3.20. The molecule has 1 rings (SSSR count). The topological polar surface area (TPSA) is 81.4 Å². The lowest BCUT2D eigenvalue weighted by Crippen LogP contribution is -2.42. The Morgan fingerprint density at radius 1 is 1.26 bits per heavy atom. The van der Waals surface area contributed by atoms with E-state index in [1.54, 1.807) is 6.92 Å². The Hall–Kier alpha value is -1.66. The summed E-state index contributed by atoms with van der Waals surface area (Å²) in [6, 6.07) is 4.41. The summed E-state index contributed by atoms with van der Waals surface area (Å²) in [7, 11) is 0. The maximum absolute atomic E-state index is 13.0. The van der Waals surface area contributed by atoms with Gasteiger partial charge in [-0.25, -0.2) is 4.39 Å². The molecule has 0 heterocycles. The van der Waals surface area contributed by atoms with Crippen molar-refractivity contribution in [3.63, 3.8) is 0 Å². The normalized spacial score (nSPS) is 12.7. The molecule has 1 aromatic rings. The van der Waals surface area contributed by atoms with Crippen molar-refractivity contribution in [2.75, 3.05) is 6.61 Å². The Kier molecular flexibility index (Phi) is 10.2. The number of amides is 1. The molecule has 1 aromatic carbocycles. The van der Waals surface area contributed by atoms with Crippen LogP contribution in [-0.4, -0.2) is 24.5 Å². The largest absolute Gasteiger partial charge is 0.466 e. The van der Waals surface area contributed by atoms with Crippen molar-refractivity contribution < 1.29 is 18.7 Å². The van der Waals surface area contributed by atoms with Crippen LogP contribution in [0.5, 0.6) is 0 Å². The third kappa shape index (κ3) is 7.43. The van der Waals surface area contributed by atoms with E-state index in [9.17, 15) is 14.0 Å². The molecule has 1 amide bonds. The Morgan fingerprint density at radius 3 is 2.39 bits per heavy atom. The zero-order chi connectivity index (χ0) is 16.5. The number of nitrogens with one attached hydrogen (secondary N) is 1. The number of rotatable bonds is 8. The monoisotopic (exact) mass is 346 g/mol. The summed E-state index contributed by atoms with van der Waals surface area (Å²) in [5.74, 6) is -1.14. The number of carbonyl (C=O) groups excluding carboxylic acids is 2. The van der Waals surface area contributed by atoms with E-state index in [0.717, 1.165) is 6.42 Å². The fraction of sp³-hybridized carbons (Fsp3) is 0.500. The molecule has 0 aliphatic heterocycles. The van der Waals surface area contributed by atoms with Crippen molar-refractivity contribution in [2.24, 2.45) is 5.73 Å². The van der Waals surface area contributed by atoms with Crippen LogP contribution in [0.3, 0.4) is 0 Å². The van der Waals surface area contributed by atoms with Gasteiger partial charge in [-0.1, -0.05) is 25.5 Å². The van der Waals surface area contributed by atoms with Crippen molar-refractivity contribution in [1.82, 2.24) is 5.32 Å². The van der Waals surface area contributed by atoms with Gasteiger partial charge in [0.15, 0.2) is 0 Å². The Morgan fingerprint density at radius 2 is 1.87 bits per heavy atom. The van der Waals surface area contributed by atoms with Crippen LogP contribution in [0.1, 0.15) is 44.7 Å². The number of ether oxygens (including phenoxy) is 1. The van der Waals surface area contributed by atoms with E-state index in [4.69, 9.17) is 10.5 Å². The first-order valence-corrected chi connectivity index (χ1v) is 7.45. The van der Waals surface area contributed by atoms with Crippen molar-refractivity contribution in [1.29, 1.82) is 0 Å². The van der Waals surface area contributed by atoms with Crippen LogP contribution in [-0.2, 0) is 14.3 Å². The van der Waals surface area contributed by atoms with Crippen LogP contribution in [0.4, 0.5) is 4.39 Å². The highest BCUT2D eigenvalue weighted by molar-refractivity contribution is 5.85. The van der Waals surface area contributed by atoms with Gasteiger partial charge in [-0.2, -0.15) is 0 Å². The smallest absolute Gasteiger partial charge is 0.308 e. The molecule has 23 heavy (non-hydrogen) atoms. The lowest BCUT2D eigenvalue weighted by Gasteiger charge is -2.21. The molecule has 130 valence electrons. The molecule has 0 aliphatic carbocycles. The second-order valence-electron chi connectivity index (χ2n) is 5.02. The van der Waals surface area contributed by atoms with Gasteiger partial charge in [-0.05, 0) is 31.0 Å². The molecule has 7 heteroatoms. The van der Waals surface area contributed by atoms with E-state index in [2.05, 4.69) is 5.32 Å². The van der Waals surface area contributed by atoms with Crippen LogP contribution in [0.25, 0.3) is 0 Å². The van der Waals surface area contributed by atoms with Crippen LogP contribution in [0.2, 0.25) is 0 Å². The minimum absolute atomic E-state index is 0. The van der Waals surface area contributed by atoms with Crippen molar-refractivity contribution in [3.8, 4) is 0 Å². The van der Waals surface area contributed by atoms with E-state index in [0.29, 0.717) is 12.0 Å². The van der Waals surface area contributed by atoms with Gasteiger partial charge >= 0.3 is 5.97 Å². The van der Waals surface area contributed by atoms with Gasteiger partial charge in [0.2, 0.25) is 5.91 Å². The molecule has 0 bridgehead atoms. The number of halogens is 2. The Labute approximate surface area is 142 Å². The molecule has 0 fully saturated rings. The summed E-state index contributed by atoms with van der Waals surface area (Å²) >= 11 is 0. The highest BCUT2D eigenvalue weighted by atomic mass is 35.5. The number of nitrogens with two attached hydrogens (primary N) is 1. The van der Waals surface area contributed by atoms with Crippen LogP contribution in [0, 0.1) is 5.82 Å². The fourth-order valence-corrected chi connectivity index (χ4v) is 2.05. The Balaban J connectivity index is 0.00000484. The maximum atomic E-state index is 13.0. The van der Waals surface area contributed by atoms with Crippen LogP contribution >= 0.6 is 12.4 Å². The predicted molar refractivity (Wildman–Crippen MR) is 88.7 cm³/mol. The summed E-state index contributed by atoms with van der Waals surface area (Å²) in [6.45, 7) is 3.90. The molecule has 2 atom stereocenters. The molecule has 0 saturated carbocycles. The molecular formula is C16H24ClFN2O3. The molecule has 3 N–H and O–H groups in total. The average molecular weight is 347 g/mol. The van der Waals surface area contributed by atoms with Gasteiger partial charge < -0.3 is 15.8 Å². The molecule has 0 aliphatic rings. The summed E-state index contributed by atoms with van der Waals surface area (Å²) in [4.78, 5) is 23.8. The first-order chi connectivity index (χ1) is 10.5. The van der Waals surface area contributed by atoms with Gasteiger partial charge in [-0.15, -0.1) is 12.4 Å². The zero-order valence-corrected chi connectivity index (χ0v) is 14.2. The highest BCUT2D eigenvalue weighted by Crippen LogP contribution is 2.18. The van der Waals surface area contributed by atoms with Gasteiger partial charge in [0.05, 0.1) is 25.1 Å². The van der Waals surface area contributed by atoms with E-state index >= 15 is 0 Å². The summed E-state index contributed by atoms with van der Waals surface area (Å²) in [6.07, 6.45) is 1.32. The zero-order valence-electron chi connectivity index (χ0n) is 13.4. The second kappa shape index (κ2) is 11.0. The van der Waals surface area contributed by atoms with Crippen molar-refractivity contribution in [2.45, 2.75) is 45.2 Å². The standard InChI is InChI=1S/C16H23FN2O3.ClH/c1-3-5-13(18)16(21)19-14(10-15(20)22-4-2)11-6-8-12(17)9-7-11;/h6-9,13-14H,3-5,10,18H2,1-2H3,(H,19,21);1H. The number of carbonyl (C=O) groups is 2. The van der Waals surface area contributed by atoms with Gasteiger partial charge in [0, 0.05) is 0 Å². The number of hydrogen-bond donors (Lipinski definition) is 2. The third-order valence-electron chi connectivity index (χ3n) is 3.20. The average Bonchev–Trinajstić information content (AvgIpc) is 2.47. The lowest BCUT2D eigenvalue weighted by atomic mass is 10.0. The molecule has 0 radical (unpaired) electrons. The predicted octanol–water partition coefficient (Wildman–Crippen LogP) is 2.49. The van der Waals surface area contributed by atoms with Gasteiger partial charge in [0.25, 0.3) is 0 Å². The number of hydrogen-bond acceptors (Lipinski definition) is 4. The molecular weight excluding hydrogens is 323 g/mol. The maximum Gasteiger partial charge on any atom is 0.308 e. The first kappa shape index (κ1) is 21.3. The van der Waals surface area contributed by atoms with Gasteiger partial charge in [-0.3, -0.25) is 9.59 Å². The first-order valence-electron chi connectivity index (χ1n) is 7.45. The SMILES string of the molecule is CCCC(N)C(=O)NC(CC(=O)OCC)c1ccc(F)cc1.Cl. The van der Waals surface area contributed by atoms with E-state index in [1.165, 1.54) is 24.3 Å². The number of benzene rings is 1. The van der Waals surface area contributed by atoms with Crippen LogP contribution in [0.15, 0.2) is 24.3 Å². The lowest BCUT2D eigenvalue weighted by molar-refractivity contribution is -0.143. The summed E-state index contributed by atoms with van der Waals surface area (Å²) in [5, 5.41) is 2.74. The van der Waals surface area contributed by atoms with E-state index in [1.807, 2.05) is 6.92 Å². The summed E-state index contributed by atoms with van der Waals surface area (Å²) in [5.41, 5.74) is 6.41. The van der Waals surface area contributed by atoms with E-state index < -0.39 is 18.1 Å². The fourth-order valence-electron chi connectivity index (χ4n) is 2.05. The summed E-state index contributed by atoms with van der Waals surface area (Å²) < 4.78 is 17.9.